The molecule has 2 aromatic carbocycles. The molecule has 114 valence electrons. The third-order valence-corrected chi connectivity index (χ3v) is 4.65. The minimum absolute atomic E-state index is 0.686. The molecule has 0 N–H and O–H groups in total. The molecule has 3 rings (SSSR count). The molecule has 0 bridgehead atoms. The predicted octanol–water partition coefficient (Wildman–Crippen LogP) is 4.72. The van der Waals surface area contributed by atoms with E-state index in [2.05, 4.69) is 19.1 Å². The molecule has 3 nitrogen and oxygen atoms in total. The Balaban J connectivity index is 1.83. The van der Waals surface area contributed by atoms with Gasteiger partial charge in [0, 0.05) is 17.2 Å². The number of thioether (sulfide) groups is 1. The largest absolute Gasteiger partial charge is 0.497 e. The van der Waals surface area contributed by atoms with Crippen molar-refractivity contribution in [3.63, 3.8) is 0 Å². The molecular weight excluding hydrogens is 304 g/mol. The van der Waals surface area contributed by atoms with E-state index in [1.54, 1.807) is 18.9 Å². The van der Waals surface area contributed by atoms with Gasteiger partial charge in [-0.15, -0.1) is 11.8 Å². The van der Waals surface area contributed by atoms with Crippen LogP contribution in [-0.4, -0.2) is 12.1 Å². The zero-order chi connectivity index (χ0) is 16.2. The number of nitriles is 1. The number of hydrogen-bond acceptors (Lipinski definition) is 4. The van der Waals surface area contributed by atoms with Crippen LogP contribution in [0.2, 0.25) is 0 Å². The Morgan fingerprint density at radius 2 is 1.91 bits per heavy atom. The molecule has 3 aromatic rings. The average Bonchev–Trinajstić information content (AvgIpc) is 2.60. The van der Waals surface area contributed by atoms with E-state index in [1.165, 1.54) is 11.1 Å². The van der Waals surface area contributed by atoms with Crippen LogP contribution < -0.4 is 4.74 Å². The molecule has 0 aliphatic heterocycles. The fourth-order valence-corrected chi connectivity index (χ4v) is 3.32. The molecule has 1 heterocycles. The third-order valence-electron chi connectivity index (χ3n) is 3.67. The number of aromatic nitrogens is 1. The van der Waals surface area contributed by atoms with Gasteiger partial charge >= 0.3 is 0 Å². The monoisotopic (exact) mass is 320 g/mol. The van der Waals surface area contributed by atoms with Crippen molar-refractivity contribution in [3.05, 3.63) is 65.2 Å². The van der Waals surface area contributed by atoms with Crippen molar-refractivity contribution in [3.8, 4) is 11.8 Å². The van der Waals surface area contributed by atoms with Crippen LogP contribution in [0.4, 0.5) is 0 Å². The molecule has 0 aliphatic carbocycles. The van der Waals surface area contributed by atoms with Gasteiger partial charge in [-0.3, -0.25) is 0 Å². The first-order valence-electron chi connectivity index (χ1n) is 7.27. The van der Waals surface area contributed by atoms with Gasteiger partial charge in [-0.1, -0.05) is 12.1 Å². The molecule has 4 heteroatoms. The van der Waals surface area contributed by atoms with E-state index in [4.69, 9.17) is 15.0 Å². The lowest BCUT2D eigenvalue weighted by molar-refractivity contribution is 0.415. The van der Waals surface area contributed by atoms with Crippen LogP contribution in [-0.2, 0) is 5.75 Å². The zero-order valence-electron chi connectivity index (χ0n) is 13.0. The number of rotatable bonds is 4. The smallest absolute Gasteiger partial charge is 0.121 e. The van der Waals surface area contributed by atoms with Crippen LogP contribution in [0.1, 0.15) is 16.7 Å². The van der Waals surface area contributed by atoms with E-state index < -0.39 is 0 Å². The predicted molar refractivity (Wildman–Crippen MR) is 93.8 cm³/mol. The standard InChI is InChI=1S/C19H16N2OS/c1-13-9-19(21-18-10-16(22-2)7-8-17(13)18)23-12-15-5-3-14(11-20)4-6-15/h3-10H,12H2,1-2H3. The zero-order valence-corrected chi connectivity index (χ0v) is 13.9. The SMILES string of the molecule is COc1ccc2c(C)cc(SCc3ccc(C#N)cc3)nc2c1. The number of benzene rings is 2. The normalized spacial score (nSPS) is 10.5. The lowest BCUT2D eigenvalue weighted by Gasteiger charge is -2.08. The van der Waals surface area contributed by atoms with E-state index in [9.17, 15) is 0 Å². The highest BCUT2D eigenvalue weighted by Crippen LogP contribution is 2.28. The number of nitrogens with zero attached hydrogens (tertiary/aromatic N) is 2. The van der Waals surface area contributed by atoms with Crippen molar-refractivity contribution in [2.45, 2.75) is 17.7 Å². The summed E-state index contributed by atoms with van der Waals surface area (Å²) in [5.74, 6) is 1.65. The highest BCUT2D eigenvalue weighted by molar-refractivity contribution is 7.98. The van der Waals surface area contributed by atoms with E-state index in [-0.39, 0.29) is 0 Å². The first kappa shape index (κ1) is 15.4. The highest BCUT2D eigenvalue weighted by atomic mass is 32.2. The molecule has 0 aliphatic rings. The Bertz CT molecular complexity index is 882. The Morgan fingerprint density at radius 3 is 2.61 bits per heavy atom. The molecule has 0 saturated heterocycles. The summed E-state index contributed by atoms with van der Waals surface area (Å²) in [5, 5.41) is 11.0. The molecule has 0 amide bonds. The lowest BCUT2D eigenvalue weighted by atomic mass is 10.1. The third kappa shape index (κ3) is 3.46. The summed E-state index contributed by atoms with van der Waals surface area (Å²) >= 11 is 1.69. The van der Waals surface area contributed by atoms with Gasteiger partial charge in [-0.2, -0.15) is 5.26 Å². The summed E-state index contributed by atoms with van der Waals surface area (Å²) in [6.45, 7) is 2.10. The summed E-state index contributed by atoms with van der Waals surface area (Å²) in [6.07, 6.45) is 0. The van der Waals surface area contributed by atoms with Gasteiger partial charge in [0.15, 0.2) is 0 Å². The van der Waals surface area contributed by atoms with E-state index in [0.29, 0.717) is 5.56 Å². The topological polar surface area (TPSA) is 45.9 Å². The van der Waals surface area contributed by atoms with Gasteiger partial charge in [-0.05, 0) is 48.4 Å². The summed E-state index contributed by atoms with van der Waals surface area (Å²) in [5.41, 5.74) is 4.02. The maximum absolute atomic E-state index is 8.83. The second-order valence-corrected chi connectivity index (χ2v) is 6.25. The Hall–Kier alpha value is -2.51. The number of hydrogen-bond donors (Lipinski definition) is 0. The second kappa shape index (κ2) is 6.72. The first-order chi connectivity index (χ1) is 11.2. The van der Waals surface area contributed by atoms with Gasteiger partial charge in [0.05, 0.1) is 29.3 Å². The van der Waals surface area contributed by atoms with Crippen LogP contribution in [0.15, 0.2) is 53.6 Å². The van der Waals surface area contributed by atoms with Crippen LogP contribution in [0.3, 0.4) is 0 Å². The lowest BCUT2D eigenvalue weighted by Crippen LogP contribution is -1.90. The van der Waals surface area contributed by atoms with Crippen LogP contribution in [0.5, 0.6) is 5.75 Å². The Labute approximate surface area is 139 Å². The molecule has 0 saturated carbocycles. The van der Waals surface area contributed by atoms with Crippen molar-refractivity contribution < 1.29 is 4.74 Å². The minimum Gasteiger partial charge on any atom is -0.497 e. The highest BCUT2D eigenvalue weighted by Gasteiger charge is 2.05. The summed E-state index contributed by atoms with van der Waals surface area (Å²) < 4.78 is 5.28. The van der Waals surface area contributed by atoms with Crippen molar-refractivity contribution in [2.75, 3.05) is 7.11 Å². The molecule has 0 atom stereocenters. The fraction of sp³-hybridized carbons (Fsp3) is 0.158. The Kier molecular flexibility index (Phi) is 4.50. The molecule has 0 fully saturated rings. The minimum atomic E-state index is 0.686. The number of pyridine rings is 1. The maximum Gasteiger partial charge on any atom is 0.121 e. The van der Waals surface area contributed by atoms with E-state index >= 15 is 0 Å². The Morgan fingerprint density at radius 1 is 1.13 bits per heavy atom. The molecule has 1 aromatic heterocycles. The first-order valence-corrected chi connectivity index (χ1v) is 8.25. The molecule has 23 heavy (non-hydrogen) atoms. The number of ether oxygens (including phenoxy) is 1. The summed E-state index contributed by atoms with van der Waals surface area (Å²) in [4.78, 5) is 4.72. The van der Waals surface area contributed by atoms with E-state index in [1.807, 2.05) is 42.5 Å². The van der Waals surface area contributed by atoms with Crippen molar-refractivity contribution in [1.29, 1.82) is 5.26 Å². The van der Waals surface area contributed by atoms with Crippen LogP contribution in [0, 0.1) is 18.3 Å². The second-order valence-electron chi connectivity index (χ2n) is 5.26. The van der Waals surface area contributed by atoms with E-state index in [0.717, 1.165) is 27.4 Å². The van der Waals surface area contributed by atoms with Crippen molar-refractivity contribution in [1.82, 2.24) is 4.98 Å². The van der Waals surface area contributed by atoms with Gasteiger partial charge in [0.25, 0.3) is 0 Å². The van der Waals surface area contributed by atoms with Gasteiger partial charge in [0.1, 0.15) is 5.75 Å². The number of fused-ring (bicyclic) bond motifs is 1. The van der Waals surface area contributed by atoms with Gasteiger partial charge in [0.2, 0.25) is 0 Å². The average molecular weight is 320 g/mol. The summed E-state index contributed by atoms with van der Waals surface area (Å²) in [7, 11) is 1.66. The molecular formula is C19H16N2OS. The quantitative estimate of drug-likeness (QED) is 0.653. The fourth-order valence-electron chi connectivity index (χ4n) is 2.39. The van der Waals surface area contributed by atoms with Crippen LogP contribution in [0.25, 0.3) is 10.9 Å². The number of aryl methyl sites for hydroxylation is 1. The maximum atomic E-state index is 8.83. The molecule has 0 unspecified atom stereocenters. The van der Waals surface area contributed by atoms with Gasteiger partial charge in [-0.25, -0.2) is 4.98 Å². The number of methoxy groups -OCH3 is 1. The van der Waals surface area contributed by atoms with Crippen molar-refractivity contribution in [2.24, 2.45) is 0 Å². The summed E-state index contributed by atoms with van der Waals surface area (Å²) in [6, 6.07) is 17.9. The van der Waals surface area contributed by atoms with Crippen molar-refractivity contribution >= 4 is 22.7 Å². The molecule has 0 radical (unpaired) electrons. The van der Waals surface area contributed by atoms with Gasteiger partial charge < -0.3 is 4.74 Å². The molecule has 0 spiro atoms. The van der Waals surface area contributed by atoms with Crippen LogP contribution >= 0.6 is 11.8 Å².